The van der Waals surface area contributed by atoms with Gasteiger partial charge in [-0.3, -0.25) is 4.79 Å². The lowest BCUT2D eigenvalue weighted by atomic mass is 10.0. The summed E-state index contributed by atoms with van der Waals surface area (Å²) in [5.74, 6) is 0.416. The second kappa shape index (κ2) is 7.33. The van der Waals surface area contributed by atoms with Crippen molar-refractivity contribution in [1.82, 2.24) is 15.3 Å². The molecular weight excluding hydrogens is 272 g/mol. The molecule has 1 fully saturated rings. The minimum Gasteiger partial charge on any atom is -0.378 e. The molecule has 21 heavy (non-hydrogen) atoms. The van der Waals surface area contributed by atoms with E-state index < -0.39 is 5.60 Å². The molecule has 0 aliphatic carbocycles. The standard InChI is InChI=1S/C14H22N4O3/c1-3-5-15-12-8-16-11(7-17-12)13(19)18-9-14(20-2)4-6-21-10-14/h7-8H,3-6,9-10H2,1-2H3,(H,15,17)(H,18,19). The summed E-state index contributed by atoms with van der Waals surface area (Å²) < 4.78 is 10.8. The highest BCUT2D eigenvalue weighted by Gasteiger charge is 2.35. The molecule has 1 saturated heterocycles. The smallest absolute Gasteiger partial charge is 0.271 e. The first kappa shape index (κ1) is 15.7. The van der Waals surface area contributed by atoms with Gasteiger partial charge in [-0.25, -0.2) is 9.97 Å². The lowest BCUT2D eigenvalue weighted by molar-refractivity contribution is -0.0149. The first-order valence-corrected chi connectivity index (χ1v) is 7.16. The monoisotopic (exact) mass is 294 g/mol. The van der Waals surface area contributed by atoms with Crippen molar-refractivity contribution in [2.24, 2.45) is 0 Å². The van der Waals surface area contributed by atoms with Crippen molar-refractivity contribution in [3.05, 3.63) is 18.1 Å². The highest BCUT2D eigenvalue weighted by Crippen LogP contribution is 2.21. The highest BCUT2D eigenvalue weighted by atomic mass is 16.5. The van der Waals surface area contributed by atoms with Crippen LogP contribution >= 0.6 is 0 Å². The van der Waals surface area contributed by atoms with Gasteiger partial charge in [0.25, 0.3) is 5.91 Å². The van der Waals surface area contributed by atoms with Crippen molar-refractivity contribution >= 4 is 11.7 Å². The molecule has 116 valence electrons. The van der Waals surface area contributed by atoms with E-state index in [0.29, 0.717) is 31.3 Å². The number of hydrogen-bond acceptors (Lipinski definition) is 6. The van der Waals surface area contributed by atoms with Crippen LogP contribution in [0.4, 0.5) is 5.82 Å². The Morgan fingerprint density at radius 3 is 2.90 bits per heavy atom. The Hall–Kier alpha value is -1.73. The molecule has 7 heteroatoms. The Morgan fingerprint density at radius 2 is 2.33 bits per heavy atom. The molecule has 2 heterocycles. The van der Waals surface area contributed by atoms with Crippen LogP contribution in [0.5, 0.6) is 0 Å². The Labute approximate surface area is 124 Å². The number of nitrogens with zero attached hydrogens (tertiary/aromatic N) is 2. The van der Waals surface area contributed by atoms with E-state index in [1.54, 1.807) is 13.3 Å². The van der Waals surface area contributed by atoms with E-state index in [1.807, 2.05) is 0 Å². The summed E-state index contributed by atoms with van der Waals surface area (Å²) >= 11 is 0. The quantitative estimate of drug-likeness (QED) is 0.775. The van der Waals surface area contributed by atoms with E-state index in [0.717, 1.165) is 19.4 Å². The van der Waals surface area contributed by atoms with Crippen LogP contribution in [0, 0.1) is 0 Å². The third-order valence-electron chi connectivity index (χ3n) is 3.51. The maximum absolute atomic E-state index is 12.1. The fraction of sp³-hybridized carbons (Fsp3) is 0.643. The van der Waals surface area contributed by atoms with Gasteiger partial charge in [0.05, 0.1) is 19.0 Å². The molecule has 7 nitrogen and oxygen atoms in total. The van der Waals surface area contributed by atoms with E-state index in [2.05, 4.69) is 27.5 Å². The largest absolute Gasteiger partial charge is 0.378 e. The summed E-state index contributed by atoms with van der Waals surface area (Å²) in [7, 11) is 1.63. The Bertz CT molecular complexity index is 458. The van der Waals surface area contributed by atoms with Gasteiger partial charge in [-0.1, -0.05) is 6.92 Å². The number of aromatic nitrogens is 2. The van der Waals surface area contributed by atoms with E-state index in [1.165, 1.54) is 6.20 Å². The molecule has 2 rings (SSSR count). The van der Waals surface area contributed by atoms with Crippen LogP contribution in [-0.2, 0) is 9.47 Å². The molecule has 0 radical (unpaired) electrons. The van der Waals surface area contributed by atoms with Gasteiger partial charge < -0.3 is 20.1 Å². The number of rotatable bonds is 7. The average molecular weight is 294 g/mol. The van der Waals surface area contributed by atoms with Gasteiger partial charge in [-0.2, -0.15) is 0 Å². The van der Waals surface area contributed by atoms with Gasteiger partial charge in [0.1, 0.15) is 17.1 Å². The zero-order chi connectivity index (χ0) is 15.1. The fourth-order valence-electron chi connectivity index (χ4n) is 2.08. The first-order valence-electron chi connectivity index (χ1n) is 7.16. The molecule has 1 atom stereocenters. The normalized spacial score (nSPS) is 21.2. The number of anilines is 1. The molecule has 1 amide bonds. The number of ether oxygens (including phenoxy) is 2. The molecule has 1 aromatic rings. The van der Waals surface area contributed by atoms with E-state index in [9.17, 15) is 4.79 Å². The third-order valence-corrected chi connectivity index (χ3v) is 3.51. The summed E-state index contributed by atoms with van der Waals surface area (Å²) in [6.07, 6.45) is 4.81. The van der Waals surface area contributed by atoms with Crippen molar-refractivity contribution in [1.29, 1.82) is 0 Å². The Kier molecular flexibility index (Phi) is 5.46. The van der Waals surface area contributed by atoms with E-state index >= 15 is 0 Å². The van der Waals surface area contributed by atoms with Crippen molar-refractivity contribution in [2.75, 3.05) is 38.7 Å². The summed E-state index contributed by atoms with van der Waals surface area (Å²) in [6, 6.07) is 0. The predicted molar refractivity (Wildman–Crippen MR) is 78.3 cm³/mol. The lowest BCUT2D eigenvalue weighted by Crippen LogP contribution is -2.45. The van der Waals surface area contributed by atoms with Crippen LogP contribution in [0.3, 0.4) is 0 Å². The zero-order valence-corrected chi connectivity index (χ0v) is 12.5. The molecule has 2 N–H and O–H groups in total. The van der Waals surface area contributed by atoms with Crippen LogP contribution < -0.4 is 10.6 Å². The molecule has 0 bridgehead atoms. The van der Waals surface area contributed by atoms with Gasteiger partial charge in [0.15, 0.2) is 0 Å². The second-order valence-corrected chi connectivity index (χ2v) is 5.09. The number of nitrogens with one attached hydrogen (secondary N) is 2. The molecular formula is C14H22N4O3. The second-order valence-electron chi connectivity index (χ2n) is 5.09. The lowest BCUT2D eigenvalue weighted by Gasteiger charge is -2.25. The first-order chi connectivity index (χ1) is 10.2. The number of methoxy groups -OCH3 is 1. The number of carbonyl (C=O) groups excluding carboxylic acids is 1. The number of carbonyl (C=O) groups is 1. The van der Waals surface area contributed by atoms with Gasteiger partial charge >= 0.3 is 0 Å². The van der Waals surface area contributed by atoms with Crippen molar-refractivity contribution in [3.63, 3.8) is 0 Å². The maximum Gasteiger partial charge on any atom is 0.271 e. The van der Waals surface area contributed by atoms with Gasteiger partial charge in [-0.15, -0.1) is 0 Å². The number of amides is 1. The minimum atomic E-state index is -0.425. The summed E-state index contributed by atoms with van der Waals surface area (Å²) in [5, 5.41) is 5.94. The van der Waals surface area contributed by atoms with Crippen molar-refractivity contribution in [3.8, 4) is 0 Å². The van der Waals surface area contributed by atoms with Crippen LogP contribution in [0.25, 0.3) is 0 Å². The maximum atomic E-state index is 12.1. The molecule has 0 aromatic carbocycles. The Morgan fingerprint density at radius 1 is 1.48 bits per heavy atom. The topological polar surface area (TPSA) is 85.4 Å². The molecule has 0 spiro atoms. The van der Waals surface area contributed by atoms with Crippen molar-refractivity contribution in [2.45, 2.75) is 25.4 Å². The van der Waals surface area contributed by atoms with Crippen LogP contribution in [0.15, 0.2) is 12.4 Å². The molecule has 1 aliphatic rings. The number of hydrogen-bond donors (Lipinski definition) is 2. The summed E-state index contributed by atoms with van der Waals surface area (Å²) in [4.78, 5) is 20.3. The fourth-order valence-corrected chi connectivity index (χ4v) is 2.08. The predicted octanol–water partition coefficient (Wildman–Crippen LogP) is 0.834. The molecule has 1 aromatic heterocycles. The van der Waals surface area contributed by atoms with E-state index in [-0.39, 0.29) is 5.91 Å². The summed E-state index contributed by atoms with van der Waals surface area (Å²) in [5.41, 5.74) is -0.131. The van der Waals surface area contributed by atoms with Gasteiger partial charge in [-0.05, 0) is 6.42 Å². The van der Waals surface area contributed by atoms with E-state index in [4.69, 9.17) is 9.47 Å². The average Bonchev–Trinajstić information content (AvgIpc) is 3.00. The SMILES string of the molecule is CCCNc1cnc(C(=O)NCC2(OC)CCOC2)cn1. The summed E-state index contributed by atoms with van der Waals surface area (Å²) in [6.45, 7) is 4.45. The van der Waals surface area contributed by atoms with Crippen LogP contribution in [0.1, 0.15) is 30.3 Å². The molecule has 0 saturated carbocycles. The minimum absolute atomic E-state index is 0.257. The molecule has 1 aliphatic heterocycles. The molecule has 1 unspecified atom stereocenters. The van der Waals surface area contributed by atoms with Gasteiger partial charge in [0, 0.05) is 33.2 Å². The Balaban J connectivity index is 1.88. The van der Waals surface area contributed by atoms with Gasteiger partial charge in [0.2, 0.25) is 0 Å². The van der Waals surface area contributed by atoms with Crippen molar-refractivity contribution < 1.29 is 14.3 Å². The van der Waals surface area contributed by atoms with Crippen LogP contribution in [0.2, 0.25) is 0 Å². The highest BCUT2D eigenvalue weighted by molar-refractivity contribution is 5.92. The van der Waals surface area contributed by atoms with Crippen LogP contribution in [-0.4, -0.2) is 54.9 Å². The zero-order valence-electron chi connectivity index (χ0n) is 12.5. The third kappa shape index (κ3) is 4.12.